The summed E-state index contributed by atoms with van der Waals surface area (Å²) in [5.41, 5.74) is 2.46. The van der Waals surface area contributed by atoms with Crippen molar-refractivity contribution in [1.82, 2.24) is 5.32 Å². The van der Waals surface area contributed by atoms with Gasteiger partial charge in [-0.3, -0.25) is 4.99 Å². The molecule has 0 aliphatic carbocycles. The molecule has 1 N–H and O–H groups in total. The molecule has 1 aliphatic heterocycles. The van der Waals surface area contributed by atoms with Gasteiger partial charge < -0.3 is 14.8 Å². The van der Waals surface area contributed by atoms with Gasteiger partial charge in [-0.1, -0.05) is 72.8 Å². The Labute approximate surface area is 178 Å². The first-order chi connectivity index (χ1) is 14.9. The van der Waals surface area contributed by atoms with Crippen molar-refractivity contribution in [1.29, 1.82) is 0 Å². The van der Waals surface area contributed by atoms with E-state index in [1.165, 1.54) is 5.56 Å². The molecule has 4 nitrogen and oxygen atoms in total. The van der Waals surface area contributed by atoms with Gasteiger partial charge in [0.1, 0.15) is 18.5 Å². The minimum atomic E-state index is 0.0241. The molecule has 0 bridgehead atoms. The Morgan fingerprint density at radius 1 is 0.800 bits per heavy atom. The van der Waals surface area contributed by atoms with E-state index in [4.69, 9.17) is 9.47 Å². The van der Waals surface area contributed by atoms with E-state index < -0.39 is 0 Å². The summed E-state index contributed by atoms with van der Waals surface area (Å²) in [5.74, 6) is 2.59. The standard InChI is InChI=1S/C26H28N2O2/c1-3-9-21(10-4-1)15-16-23(19-26-27-17-18-28-26)30-25-14-8-7-13-24(25)29-20-22-11-5-2-6-12-22/h1-14,23H,15-20H2,(H,27,28). The number of para-hydroxylation sites is 2. The Balaban J connectivity index is 1.44. The van der Waals surface area contributed by atoms with Gasteiger partial charge >= 0.3 is 0 Å². The number of nitrogens with one attached hydrogen (secondary N) is 1. The zero-order valence-electron chi connectivity index (χ0n) is 17.2. The van der Waals surface area contributed by atoms with Crippen LogP contribution >= 0.6 is 0 Å². The Kier molecular flexibility index (Phi) is 7.00. The van der Waals surface area contributed by atoms with Gasteiger partial charge in [0.2, 0.25) is 0 Å². The van der Waals surface area contributed by atoms with Gasteiger partial charge in [-0.15, -0.1) is 0 Å². The molecule has 0 spiro atoms. The van der Waals surface area contributed by atoms with Gasteiger partial charge in [0.15, 0.2) is 11.5 Å². The topological polar surface area (TPSA) is 42.9 Å². The molecule has 0 saturated carbocycles. The fourth-order valence-electron chi connectivity index (χ4n) is 3.56. The van der Waals surface area contributed by atoms with E-state index in [9.17, 15) is 0 Å². The van der Waals surface area contributed by atoms with E-state index in [-0.39, 0.29) is 6.10 Å². The van der Waals surface area contributed by atoms with Crippen molar-refractivity contribution >= 4 is 5.84 Å². The number of rotatable bonds is 10. The number of ether oxygens (including phenoxy) is 2. The fraction of sp³-hybridized carbons (Fsp3) is 0.269. The van der Waals surface area contributed by atoms with Crippen molar-refractivity contribution in [2.75, 3.05) is 13.1 Å². The smallest absolute Gasteiger partial charge is 0.161 e. The Morgan fingerprint density at radius 3 is 2.17 bits per heavy atom. The molecule has 3 aromatic carbocycles. The number of amidine groups is 1. The van der Waals surface area contributed by atoms with Crippen molar-refractivity contribution in [3.63, 3.8) is 0 Å². The average Bonchev–Trinajstić information content (AvgIpc) is 3.31. The third kappa shape index (κ3) is 5.86. The van der Waals surface area contributed by atoms with Crippen LogP contribution in [0.4, 0.5) is 0 Å². The van der Waals surface area contributed by atoms with E-state index in [2.05, 4.69) is 52.8 Å². The summed E-state index contributed by atoms with van der Waals surface area (Å²) in [5, 5.41) is 3.37. The highest BCUT2D eigenvalue weighted by molar-refractivity contribution is 5.84. The second-order valence-corrected chi connectivity index (χ2v) is 7.44. The van der Waals surface area contributed by atoms with Gasteiger partial charge in [0, 0.05) is 13.0 Å². The highest BCUT2D eigenvalue weighted by atomic mass is 16.5. The zero-order valence-corrected chi connectivity index (χ0v) is 17.2. The number of aliphatic imine (C=N–C) groups is 1. The van der Waals surface area contributed by atoms with Gasteiger partial charge in [-0.2, -0.15) is 0 Å². The quantitative estimate of drug-likeness (QED) is 0.519. The average molecular weight is 401 g/mol. The molecule has 0 fully saturated rings. The van der Waals surface area contributed by atoms with Crippen molar-refractivity contribution in [2.24, 2.45) is 4.99 Å². The predicted octanol–water partition coefficient (Wildman–Crippen LogP) is 5.04. The molecular formula is C26H28N2O2. The van der Waals surface area contributed by atoms with E-state index >= 15 is 0 Å². The molecule has 1 unspecified atom stereocenters. The van der Waals surface area contributed by atoms with Crippen LogP contribution in [0.15, 0.2) is 89.9 Å². The van der Waals surface area contributed by atoms with E-state index in [0.29, 0.717) is 6.61 Å². The van der Waals surface area contributed by atoms with Crippen LogP contribution in [0.3, 0.4) is 0 Å². The Morgan fingerprint density at radius 2 is 1.47 bits per heavy atom. The lowest BCUT2D eigenvalue weighted by molar-refractivity contribution is 0.184. The third-order valence-corrected chi connectivity index (χ3v) is 5.14. The zero-order chi connectivity index (χ0) is 20.4. The monoisotopic (exact) mass is 400 g/mol. The lowest BCUT2D eigenvalue weighted by Gasteiger charge is -2.21. The molecule has 30 heavy (non-hydrogen) atoms. The highest BCUT2D eigenvalue weighted by Crippen LogP contribution is 2.29. The molecular weight excluding hydrogens is 372 g/mol. The van der Waals surface area contributed by atoms with Gasteiger partial charge in [-0.05, 0) is 36.1 Å². The van der Waals surface area contributed by atoms with Crippen LogP contribution in [-0.4, -0.2) is 25.0 Å². The van der Waals surface area contributed by atoms with Gasteiger partial charge in [0.05, 0.1) is 6.54 Å². The van der Waals surface area contributed by atoms with Gasteiger partial charge in [-0.25, -0.2) is 0 Å². The molecule has 4 rings (SSSR count). The van der Waals surface area contributed by atoms with Crippen molar-refractivity contribution < 1.29 is 9.47 Å². The largest absolute Gasteiger partial charge is 0.486 e. The number of benzene rings is 3. The maximum Gasteiger partial charge on any atom is 0.161 e. The van der Waals surface area contributed by atoms with Crippen LogP contribution in [0.1, 0.15) is 24.0 Å². The van der Waals surface area contributed by atoms with Crippen LogP contribution in [0.2, 0.25) is 0 Å². The fourth-order valence-corrected chi connectivity index (χ4v) is 3.56. The highest BCUT2D eigenvalue weighted by Gasteiger charge is 2.18. The van der Waals surface area contributed by atoms with Gasteiger partial charge in [0.25, 0.3) is 0 Å². The normalized spacial score (nSPS) is 13.9. The van der Waals surface area contributed by atoms with Crippen molar-refractivity contribution in [2.45, 2.75) is 32.0 Å². The first-order valence-corrected chi connectivity index (χ1v) is 10.6. The minimum Gasteiger partial charge on any atom is -0.486 e. The van der Waals surface area contributed by atoms with E-state index in [1.807, 2.05) is 42.5 Å². The summed E-state index contributed by atoms with van der Waals surface area (Å²) in [4.78, 5) is 4.56. The summed E-state index contributed by atoms with van der Waals surface area (Å²) in [6.07, 6.45) is 2.68. The number of hydrogen-bond donors (Lipinski definition) is 1. The van der Waals surface area contributed by atoms with Crippen molar-refractivity contribution in [3.05, 3.63) is 96.1 Å². The number of nitrogens with zero attached hydrogens (tertiary/aromatic N) is 1. The first kappa shape index (κ1) is 20.0. The molecule has 0 amide bonds. The Hall–Kier alpha value is -3.27. The predicted molar refractivity (Wildman–Crippen MR) is 121 cm³/mol. The minimum absolute atomic E-state index is 0.0241. The first-order valence-electron chi connectivity index (χ1n) is 10.6. The summed E-state index contributed by atoms with van der Waals surface area (Å²) in [7, 11) is 0. The number of aryl methyl sites for hydroxylation is 1. The molecule has 1 atom stereocenters. The molecule has 0 radical (unpaired) electrons. The van der Waals surface area contributed by atoms with Crippen LogP contribution in [0, 0.1) is 0 Å². The van der Waals surface area contributed by atoms with Crippen molar-refractivity contribution in [3.8, 4) is 11.5 Å². The second kappa shape index (κ2) is 10.5. The maximum atomic E-state index is 6.47. The Bertz CT molecular complexity index is 942. The van der Waals surface area contributed by atoms with Crippen LogP contribution in [-0.2, 0) is 13.0 Å². The molecule has 3 aromatic rings. The van der Waals surface area contributed by atoms with E-state index in [1.54, 1.807) is 0 Å². The second-order valence-electron chi connectivity index (χ2n) is 7.44. The summed E-state index contributed by atoms with van der Waals surface area (Å²) >= 11 is 0. The summed E-state index contributed by atoms with van der Waals surface area (Å²) in [6.45, 7) is 2.28. The van der Waals surface area contributed by atoms with Crippen LogP contribution in [0.5, 0.6) is 11.5 Å². The number of hydrogen-bond acceptors (Lipinski definition) is 4. The van der Waals surface area contributed by atoms with Crippen LogP contribution in [0.25, 0.3) is 0 Å². The summed E-state index contributed by atoms with van der Waals surface area (Å²) in [6, 6.07) is 28.7. The molecule has 1 aliphatic rings. The third-order valence-electron chi connectivity index (χ3n) is 5.14. The maximum absolute atomic E-state index is 6.47. The molecule has 4 heteroatoms. The SMILES string of the molecule is c1ccc(CCC(CC2=NCCN2)Oc2ccccc2OCc2ccccc2)cc1. The lowest BCUT2D eigenvalue weighted by Crippen LogP contribution is -2.28. The lowest BCUT2D eigenvalue weighted by atomic mass is 10.0. The summed E-state index contributed by atoms with van der Waals surface area (Å²) < 4.78 is 12.6. The molecule has 1 heterocycles. The van der Waals surface area contributed by atoms with Crippen LogP contribution < -0.4 is 14.8 Å². The molecule has 0 saturated heterocycles. The molecule has 154 valence electrons. The van der Waals surface area contributed by atoms with E-state index in [0.717, 1.165) is 55.3 Å². The molecule has 0 aromatic heterocycles.